The molecule has 1 rings (SSSR count). The van der Waals surface area contributed by atoms with Crippen LogP contribution in [0.5, 0.6) is 5.75 Å². The summed E-state index contributed by atoms with van der Waals surface area (Å²) in [6, 6.07) is 6.34. The maximum Gasteiger partial charge on any atom is 0.240 e. The second kappa shape index (κ2) is 7.11. The van der Waals surface area contributed by atoms with Crippen LogP contribution in [0.15, 0.2) is 29.2 Å². The van der Waals surface area contributed by atoms with Gasteiger partial charge in [0.25, 0.3) is 0 Å². The fourth-order valence-corrected chi connectivity index (χ4v) is 2.83. The van der Waals surface area contributed by atoms with E-state index in [1.54, 1.807) is 19.2 Å². The maximum absolute atomic E-state index is 11.9. The van der Waals surface area contributed by atoms with Gasteiger partial charge in [-0.05, 0) is 37.1 Å². The zero-order chi connectivity index (χ0) is 13.6. The number of nitrogens with one attached hydrogen (secondary N) is 1. The van der Waals surface area contributed by atoms with Crippen molar-refractivity contribution in [2.24, 2.45) is 0 Å². The van der Waals surface area contributed by atoms with Crippen LogP contribution in [-0.2, 0) is 10.0 Å². The Kier molecular flexibility index (Phi) is 6.11. The van der Waals surface area contributed by atoms with Crippen molar-refractivity contribution in [3.8, 4) is 5.75 Å². The first-order chi connectivity index (χ1) is 8.45. The minimum absolute atomic E-state index is 0.259. The van der Waals surface area contributed by atoms with Crippen molar-refractivity contribution in [3.05, 3.63) is 24.3 Å². The van der Waals surface area contributed by atoms with Gasteiger partial charge in [0.15, 0.2) is 0 Å². The fraction of sp³-hybridized carbons (Fsp3) is 0.500. The quantitative estimate of drug-likeness (QED) is 0.615. The Morgan fingerprint density at radius 2 is 1.94 bits per heavy atom. The molecule has 0 saturated carbocycles. The van der Waals surface area contributed by atoms with Crippen LogP contribution in [0.1, 0.15) is 19.8 Å². The predicted molar refractivity (Wildman–Crippen MR) is 75.8 cm³/mol. The van der Waals surface area contributed by atoms with Gasteiger partial charge in [0, 0.05) is 11.4 Å². The zero-order valence-electron chi connectivity index (χ0n) is 10.5. The summed E-state index contributed by atoms with van der Waals surface area (Å²) in [6.07, 6.45) is 1.74. The third-order valence-corrected chi connectivity index (χ3v) is 4.38. The van der Waals surface area contributed by atoms with E-state index < -0.39 is 10.0 Å². The largest absolute Gasteiger partial charge is 0.497 e. The molecule has 0 fully saturated rings. The first-order valence-electron chi connectivity index (χ1n) is 5.73. The van der Waals surface area contributed by atoms with Crippen LogP contribution in [-0.4, -0.2) is 26.9 Å². The number of sulfonamides is 1. The van der Waals surface area contributed by atoms with Crippen LogP contribution in [0, 0.1) is 0 Å². The molecule has 1 unspecified atom stereocenters. The van der Waals surface area contributed by atoms with Gasteiger partial charge in [-0.15, -0.1) is 0 Å². The molecule has 0 aliphatic rings. The molecule has 0 aliphatic carbocycles. The van der Waals surface area contributed by atoms with Gasteiger partial charge in [0.2, 0.25) is 10.0 Å². The summed E-state index contributed by atoms with van der Waals surface area (Å²) in [5.41, 5.74) is 0. The average Bonchev–Trinajstić information content (AvgIpc) is 2.34. The molecule has 18 heavy (non-hydrogen) atoms. The molecule has 0 saturated heterocycles. The van der Waals surface area contributed by atoms with E-state index in [0.717, 1.165) is 12.8 Å². The van der Waals surface area contributed by atoms with Crippen molar-refractivity contribution in [1.29, 1.82) is 0 Å². The molecule has 0 heterocycles. The van der Waals surface area contributed by atoms with Crippen LogP contribution in [0.4, 0.5) is 0 Å². The average molecular weight is 336 g/mol. The topological polar surface area (TPSA) is 55.4 Å². The van der Waals surface area contributed by atoms with E-state index in [0.29, 0.717) is 17.1 Å². The molecular formula is C12H18BrNO3S. The Morgan fingerprint density at radius 3 is 2.44 bits per heavy atom. The van der Waals surface area contributed by atoms with Gasteiger partial charge in [-0.1, -0.05) is 22.9 Å². The smallest absolute Gasteiger partial charge is 0.240 e. The van der Waals surface area contributed by atoms with E-state index in [9.17, 15) is 8.42 Å². The predicted octanol–water partition coefficient (Wildman–Crippen LogP) is 2.54. The number of hydrogen-bond acceptors (Lipinski definition) is 3. The van der Waals surface area contributed by atoms with Gasteiger partial charge >= 0.3 is 0 Å². The van der Waals surface area contributed by atoms with Crippen LogP contribution in [0.3, 0.4) is 0 Å². The summed E-state index contributed by atoms with van der Waals surface area (Å²) in [4.78, 5) is 0.665. The van der Waals surface area contributed by atoms with Gasteiger partial charge in [0.05, 0.1) is 12.0 Å². The highest BCUT2D eigenvalue weighted by atomic mass is 79.9. The molecule has 0 radical (unpaired) electrons. The van der Waals surface area contributed by atoms with Crippen molar-refractivity contribution in [2.45, 2.75) is 29.5 Å². The normalized spacial score (nSPS) is 13.3. The summed E-state index contributed by atoms with van der Waals surface area (Å²) < 4.78 is 31.4. The summed E-state index contributed by atoms with van der Waals surface area (Å²) in [5, 5.41) is 0. The first kappa shape index (κ1) is 15.5. The van der Waals surface area contributed by atoms with Gasteiger partial charge in [-0.3, -0.25) is 0 Å². The minimum atomic E-state index is -3.40. The van der Waals surface area contributed by atoms with Crippen molar-refractivity contribution in [2.75, 3.05) is 13.7 Å². The van der Waals surface area contributed by atoms with E-state index >= 15 is 0 Å². The standard InChI is InChI=1S/C12H18BrNO3S/c1-10(13)4-3-9-14-18(15,16)12-7-5-11(17-2)6-8-12/h5-8,10,14H,3-4,9H2,1-2H3. The number of methoxy groups -OCH3 is 1. The second-order valence-electron chi connectivity index (χ2n) is 4.00. The van der Waals surface area contributed by atoms with Crippen molar-refractivity contribution in [3.63, 3.8) is 0 Å². The van der Waals surface area contributed by atoms with E-state index in [1.807, 2.05) is 6.92 Å². The SMILES string of the molecule is COc1ccc(S(=O)(=O)NCCCC(C)Br)cc1. The zero-order valence-corrected chi connectivity index (χ0v) is 12.9. The lowest BCUT2D eigenvalue weighted by molar-refractivity contribution is 0.414. The minimum Gasteiger partial charge on any atom is -0.497 e. The molecule has 0 aromatic heterocycles. The Balaban J connectivity index is 2.57. The number of ether oxygens (including phenoxy) is 1. The lowest BCUT2D eigenvalue weighted by atomic mass is 10.2. The molecule has 1 aromatic rings. The molecule has 6 heteroatoms. The Labute approximate surface area is 117 Å². The van der Waals surface area contributed by atoms with Crippen molar-refractivity contribution < 1.29 is 13.2 Å². The van der Waals surface area contributed by atoms with Gasteiger partial charge < -0.3 is 4.74 Å². The van der Waals surface area contributed by atoms with Gasteiger partial charge in [-0.2, -0.15) is 0 Å². The third kappa shape index (κ3) is 4.96. The van der Waals surface area contributed by atoms with E-state index in [2.05, 4.69) is 20.7 Å². The van der Waals surface area contributed by atoms with Gasteiger partial charge in [-0.25, -0.2) is 13.1 Å². The lowest BCUT2D eigenvalue weighted by Crippen LogP contribution is -2.25. The summed E-state index contributed by atoms with van der Waals surface area (Å²) in [7, 11) is -1.86. The Bertz CT molecular complexity index is 457. The summed E-state index contributed by atoms with van der Waals surface area (Å²) in [6.45, 7) is 2.49. The van der Waals surface area contributed by atoms with Crippen LogP contribution in [0.2, 0.25) is 0 Å². The molecule has 1 aromatic carbocycles. The van der Waals surface area contributed by atoms with E-state index in [1.165, 1.54) is 12.1 Å². The molecule has 102 valence electrons. The molecule has 0 aliphatic heterocycles. The van der Waals surface area contributed by atoms with E-state index in [-0.39, 0.29) is 4.90 Å². The molecular weight excluding hydrogens is 318 g/mol. The highest BCUT2D eigenvalue weighted by Gasteiger charge is 2.13. The first-order valence-corrected chi connectivity index (χ1v) is 8.13. The molecule has 0 amide bonds. The van der Waals surface area contributed by atoms with Gasteiger partial charge in [0.1, 0.15) is 5.75 Å². The Morgan fingerprint density at radius 1 is 1.33 bits per heavy atom. The lowest BCUT2D eigenvalue weighted by Gasteiger charge is -2.08. The number of alkyl halides is 1. The molecule has 0 spiro atoms. The number of rotatable bonds is 7. The van der Waals surface area contributed by atoms with Crippen LogP contribution in [0.25, 0.3) is 0 Å². The molecule has 4 nitrogen and oxygen atoms in total. The summed E-state index contributed by atoms with van der Waals surface area (Å²) in [5.74, 6) is 0.641. The highest BCUT2D eigenvalue weighted by molar-refractivity contribution is 9.09. The number of benzene rings is 1. The van der Waals surface area contributed by atoms with E-state index in [4.69, 9.17) is 4.74 Å². The monoisotopic (exact) mass is 335 g/mol. The molecule has 1 atom stereocenters. The number of hydrogen-bond donors (Lipinski definition) is 1. The highest BCUT2D eigenvalue weighted by Crippen LogP contribution is 2.15. The Hall–Kier alpha value is -0.590. The second-order valence-corrected chi connectivity index (χ2v) is 7.33. The van der Waals surface area contributed by atoms with Crippen LogP contribution < -0.4 is 9.46 Å². The number of halogens is 1. The van der Waals surface area contributed by atoms with Crippen LogP contribution >= 0.6 is 15.9 Å². The van der Waals surface area contributed by atoms with Crippen molar-refractivity contribution in [1.82, 2.24) is 4.72 Å². The van der Waals surface area contributed by atoms with Crippen molar-refractivity contribution >= 4 is 26.0 Å². The summed E-state index contributed by atoms with van der Waals surface area (Å²) >= 11 is 3.42. The fourth-order valence-electron chi connectivity index (χ4n) is 1.43. The maximum atomic E-state index is 11.9. The third-order valence-electron chi connectivity index (χ3n) is 2.44. The molecule has 0 bridgehead atoms. The molecule has 1 N–H and O–H groups in total.